The first-order chi connectivity index (χ1) is 8.52. The summed E-state index contributed by atoms with van der Waals surface area (Å²) in [6.07, 6.45) is 5.33. The van der Waals surface area contributed by atoms with Gasteiger partial charge in [0.1, 0.15) is 0 Å². The van der Waals surface area contributed by atoms with Crippen molar-refractivity contribution in [1.29, 1.82) is 0 Å². The van der Waals surface area contributed by atoms with Gasteiger partial charge in [-0.2, -0.15) is 0 Å². The number of nitrogens with one attached hydrogen (secondary N) is 1. The Labute approximate surface area is 110 Å². The molecule has 3 nitrogen and oxygen atoms in total. The molecule has 0 radical (unpaired) electrons. The average molecular weight is 249 g/mol. The third-order valence-electron chi connectivity index (χ3n) is 6.40. The molecule has 5 aliphatic rings. The summed E-state index contributed by atoms with van der Waals surface area (Å²) >= 11 is 0. The molecule has 0 spiro atoms. The van der Waals surface area contributed by atoms with Crippen molar-refractivity contribution in [3.8, 4) is 0 Å². The molecule has 5 atom stereocenters. The first-order valence-electron chi connectivity index (χ1n) is 7.58. The lowest BCUT2D eigenvalue weighted by Crippen LogP contribution is -2.65. The van der Waals surface area contributed by atoms with Gasteiger partial charge in [0, 0.05) is 5.94 Å². The SMILES string of the molecule is CC1(C)[C@H]2C[C@@H]3OB([C@H]4CCCN4)O[C@@]3(C)[C@H]1C2. The molecule has 0 unspecified atom stereocenters. The smallest absolute Gasteiger partial charge is 0.404 e. The van der Waals surface area contributed by atoms with Crippen LogP contribution in [0.2, 0.25) is 0 Å². The predicted octanol–water partition coefficient (Wildman–Crippen LogP) is 2.01. The van der Waals surface area contributed by atoms with E-state index in [4.69, 9.17) is 9.31 Å². The minimum atomic E-state index is -0.0345. The topological polar surface area (TPSA) is 30.5 Å². The minimum absolute atomic E-state index is 0.00218. The van der Waals surface area contributed by atoms with Crippen LogP contribution in [-0.4, -0.2) is 31.3 Å². The second kappa shape index (κ2) is 3.53. The molecule has 100 valence electrons. The molecule has 0 amide bonds. The molecule has 2 heterocycles. The molecule has 0 aromatic rings. The molecule has 0 aromatic heterocycles. The minimum Gasteiger partial charge on any atom is -0.404 e. The van der Waals surface area contributed by atoms with E-state index < -0.39 is 0 Å². The van der Waals surface area contributed by atoms with Gasteiger partial charge < -0.3 is 14.6 Å². The average Bonchev–Trinajstić information content (AvgIpc) is 2.92. The molecular formula is C14H24BNO2. The lowest BCUT2D eigenvalue weighted by atomic mass is 9.43. The van der Waals surface area contributed by atoms with Crippen LogP contribution in [0.4, 0.5) is 0 Å². The van der Waals surface area contributed by atoms with Gasteiger partial charge in [-0.25, -0.2) is 0 Å². The van der Waals surface area contributed by atoms with E-state index in [0.29, 0.717) is 23.4 Å². The van der Waals surface area contributed by atoms with Crippen LogP contribution < -0.4 is 5.32 Å². The van der Waals surface area contributed by atoms with Gasteiger partial charge in [-0.15, -0.1) is 0 Å². The summed E-state index contributed by atoms with van der Waals surface area (Å²) in [7, 11) is -0.00218. The zero-order valence-electron chi connectivity index (χ0n) is 11.7. The molecule has 2 aliphatic heterocycles. The number of hydrogen-bond donors (Lipinski definition) is 1. The molecule has 0 aromatic carbocycles. The van der Waals surface area contributed by atoms with Gasteiger partial charge in [-0.1, -0.05) is 13.8 Å². The summed E-state index contributed by atoms with van der Waals surface area (Å²) in [6.45, 7) is 8.25. The Morgan fingerprint density at radius 3 is 2.72 bits per heavy atom. The molecule has 1 N–H and O–H groups in total. The van der Waals surface area contributed by atoms with E-state index in [2.05, 4.69) is 26.1 Å². The molecule has 5 rings (SSSR count). The fraction of sp³-hybridized carbons (Fsp3) is 1.00. The fourth-order valence-electron chi connectivity index (χ4n) is 5.01. The van der Waals surface area contributed by atoms with E-state index in [1.807, 2.05) is 0 Å². The lowest BCUT2D eigenvalue weighted by Gasteiger charge is -2.64. The van der Waals surface area contributed by atoms with E-state index in [1.165, 1.54) is 25.7 Å². The van der Waals surface area contributed by atoms with Crippen molar-refractivity contribution in [3.05, 3.63) is 0 Å². The number of rotatable bonds is 1. The van der Waals surface area contributed by atoms with Crippen molar-refractivity contribution in [3.63, 3.8) is 0 Å². The highest BCUT2D eigenvalue weighted by Gasteiger charge is 2.68. The molecule has 4 heteroatoms. The van der Waals surface area contributed by atoms with Gasteiger partial charge in [0.2, 0.25) is 0 Å². The maximum Gasteiger partial charge on any atom is 0.475 e. The summed E-state index contributed by atoms with van der Waals surface area (Å²) in [6, 6.07) is 0. The molecule has 5 fully saturated rings. The number of hydrogen-bond acceptors (Lipinski definition) is 3. The largest absolute Gasteiger partial charge is 0.475 e. The lowest BCUT2D eigenvalue weighted by molar-refractivity contribution is -0.199. The predicted molar refractivity (Wildman–Crippen MR) is 71.1 cm³/mol. The summed E-state index contributed by atoms with van der Waals surface area (Å²) < 4.78 is 12.7. The van der Waals surface area contributed by atoms with E-state index in [-0.39, 0.29) is 12.7 Å². The van der Waals surface area contributed by atoms with Crippen molar-refractivity contribution < 1.29 is 9.31 Å². The van der Waals surface area contributed by atoms with Crippen LogP contribution >= 0.6 is 0 Å². The molecule has 2 bridgehead atoms. The van der Waals surface area contributed by atoms with Gasteiger partial charge in [0.25, 0.3) is 0 Å². The van der Waals surface area contributed by atoms with Crippen molar-refractivity contribution in [2.24, 2.45) is 17.3 Å². The van der Waals surface area contributed by atoms with E-state index in [1.54, 1.807) is 0 Å². The zero-order chi connectivity index (χ0) is 12.5. The van der Waals surface area contributed by atoms with E-state index in [9.17, 15) is 0 Å². The highest BCUT2D eigenvalue weighted by molar-refractivity contribution is 6.47. The second-order valence-corrected chi connectivity index (χ2v) is 7.54. The van der Waals surface area contributed by atoms with Crippen molar-refractivity contribution in [2.45, 2.75) is 64.1 Å². The molecule has 2 saturated heterocycles. The van der Waals surface area contributed by atoms with Crippen molar-refractivity contribution >= 4 is 7.12 Å². The maximum absolute atomic E-state index is 6.44. The standard InChI is InChI=1S/C14H24BNO2/c1-13(2)9-7-10(13)14(3)11(8-9)17-15(18-14)12-5-4-6-16-12/h9-12,16H,4-8H2,1-3H3/t9-,10+,11+,12-,14+/m1/s1. The third-order valence-corrected chi connectivity index (χ3v) is 6.40. The quantitative estimate of drug-likeness (QED) is 0.721. The van der Waals surface area contributed by atoms with Gasteiger partial charge >= 0.3 is 7.12 Å². The summed E-state index contributed by atoms with van der Waals surface area (Å²) in [4.78, 5) is 0. The summed E-state index contributed by atoms with van der Waals surface area (Å²) in [5.74, 6) is 1.95. The third kappa shape index (κ3) is 1.32. The van der Waals surface area contributed by atoms with E-state index >= 15 is 0 Å². The van der Waals surface area contributed by atoms with Crippen LogP contribution in [0.5, 0.6) is 0 Å². The molecular weight excluding hydrogens is 225 g/mol. The van der Waals surface area contributed by atoms with Gasteiger partial charge in [0.05, 0.1) is 11.7 Å². The van der Waals surface area contributed by atoms with Crippen LogP contribution in [0.25, 0.3) is 0 Å². The van der Waals surface area contributed by atoms with Crippen LogP contribution in [0.1, 0.15) is 46.5 Å². The van der Waals surface area contributed by atoms with Crippen LogP contribution in [0, 0.1) is 17.3 Å². The van der Waals surface area contributed by atoms with Gasteiger partial charge in [-0.3, -0.25) is 0 Å². The van der Waals surface area contributed by atoms with Gasteiger partial charge in [0.15, 0.2) is 0 Å². The molecule has 18 heavy (non-hydrogen) atoms. The maximum atomic E-state index is 6.44. The zero-order valence-corrected chi connectivity index (χ0v) is 11.7. The van der Waals surface area contributed by atoms with Crippen LogP contribution in [0.3, 0.4) is 0 Å². The first kappa shape index (κ1) is 11.7. The fourth-order valence-corrected chi connectivity index (χ4v) is 5.01. The van der Waals surface area contributed by atoms with E-state index in [0.717, 1.165) is 12.5 Å². The Balaban J connectivity index is 1.57. The highest BCUT2D eigenvalue weighted by Crippen LogP contribution is 2.65. The second-order valence-electron chi connectivity index (χ2n) is 7.54. The van der Waals surface area contributed by atoms with Gasteiger partial charge in [-0.05, 0) is 56.4 Å². The Bertz CT molecular complexity index is 369. The Kier molecular flexibility index (Phi) is 2.30. The summed E-state index contributed by atoms with van der Waals surface area (Å²) in [5.41, 5.74) is 0.416. The molecule has 3 saturated carbocycles. The van der Waals surface area contributed by atoms with Crippen LogP contribution in [-0.2, 0) is 9.31 Å². The Morgan fingerprint density at radius 1 is 1.22 bits per heavy atom. The summed E-state index contributed by atoms with van der Waals surface area (Å²) in [5, 5.41) is 3.52. The van der Waals surface area contributed by atoms with Crippen molar-refractivity contribution in [2.75, 3.05) is 6.54 Å². The van der Waals surface area contributed by atoms with Crippen molar-refractivity contribution in [1.82, 2.24) is 5.32 Å². The highest BCUT2D eigenvalue weighted by atomic mass is 16.7. The Hall–Kier alpha value is -0.0551. The first-order valence-corrected chi connectivity index (χ1v) is 7.58. The normalized spacial score (nSPS) is 53.2. The monoisotopic (exact) mass is 249 g/mol. The Morgan fingerprint density at radius 2 is 2.06 bits per heavy atom. The molecule has 3 aliphatic carbocycles. The van der Waals surface area contributed by atoms with Crippen LogP contribution in [0.15, 0.2) is 0 Å².